The van der Waals surface area contributed by atoms with Gasteiger partial charge in [-0.1, -0.05) is 0 Å². The van der Waals surface area contributed by atoms with Crippen molar-refractivity contribution in [1.29, 1.82) is 0 Å². The first-order valence-corrected chi connectivity index (χ1v) is 3.51. The van der Waals surface area contributed by atoms with Gasteiger partial charge in [0.2, 0.25) is 0 Å². The number of nitrogens with one attached hydrogen (secondary N) is 2. The van der Waals surface area contributed by atoms with Crippen molar-refractivity contribution in [2.24, 2.45) is 0 Å². The van der Waals surface area contributed by atoms with Gasteiger partial charge in [0.25, 0.3) is 0 Å². The number of methoxy groups -OCH3 is 1. The molecule has 2 unspecified atom stereocenters. The molecule has 0 aliphatic carbocycles. The lowest BCUT2D eigenvalue weighted by Gasteiger charge is -2.05. The van der Waals surface area contributed by atoms with Gasteiger partial charge in [-0.05, 0) is 0 Å². The second-order valence-corrected chi connectivity index (χ2v) is 2.57. The van der Waals surface area contributed by atoms with Crippen molar-refractivity contribution in [2.45, 2.75) is 11.5 Å². The molecule has 0 aromatic rings. The Balaban J connectivity index is 2.37. The lowest BCUT2D eigenvalue weighted by molar-refractivity contribution is -0.142. The minimum absolute atomic E-state index is 0.0934. The summed E-state index contributed by atoms with van der Waals surface area (Å²) in [5.74, 6) is -0.246. The first-order valence-electron chi connectivity index (χ1n) is 2.99. The van der Waals surface area contributed by atoms with E-state index in [2.05, 4.69) is 28.0 Å². The highest BCUT2D eigenvalue weighted by Crippen LogP contribution is 1.98. The standard InChI is InChI=1S/C5H10N2O2S/c1-9-4(8)3-2-6-5(10)7-3/h3,5-7,10H,2H2,1H3. The zero-order valence-electron chi connectivity index (χ0n) is 5.63. The lowest BCUT2D eigenvalue weighted by atomic mass is 10.3. The highest BCUT2D eigenvalue weighted by Gasteiger charge is 2.26. The third-order valence-electron chi connectivity index (χ3n) is 1.36. The van der Waals surface area contributed by atoms with E-state index in [1.807, 2.05) is 0 Å². The van der Waals surface area contributed by atoms with E-state index in [1.54, 1.807) is 0 Å². The average Bonchev–Trinajstić information content (AvgIpc) is 2.34. The predicted octanol–water partition coefficient (Wildman–Crippen LogP) is -1.07. The zero-order chi connectivity index (χ0) is 7.56. The summed E-state index contributed by atoms with van der Waals surface area (Å²) in [5, 5.41) is 5.82. The van der Waals surface area contributed by atoms with Crippen LogP contribution >= 0.6 is 12.6 Å². The van der Waals surface area contributed by atoms with Crippen LogP contribution in [0.5, 0.6) is 0 Å². The Morgan fingerprint density at radius 1 is 1.80 bits per heavy atom. The van der Waals surface area contributed by atoms with Gasteiger partial charge in [0.15, 0.2) is 0 Å². The number of thiol groups is 1. The summed E-state index contributed by atoms with van der Waals surface area (Å²) in [4.78, 5) is 10.8. The van der Waals surface area contributed by atoms with Gasteiger partial charge in [0.05, 0.1) is 7.11 Å². The number of hydrogen-bond acceptors (Lipinski definition) is 5. The quantitative estimate of drug-likeness (QED) is 0.339. The van der Waals surface area contributed by atoms with E-state index < -0.39 is 0 Å². The van der Waals surface area contributed by atoms with Crippen LogP contribution in [0.15, 0.2) is 0 Å². The smallest absolute Gasteiger partial charge is 0.324 e. The van der Waals surface area contributed by atoms with Crippen LogP contribution in [0.4, 0.5) is 0 Å². The molecule has 0 radical (unpaired) electrons. The SMILES string of the molecule is COC(=O)C1CNC(S)N1. The Hall–Kier alpha value is -0.260. The van der Waals surface area contributed by atoms with Gasteiger partial charge >= 0.3 is 5.97 Å². The first-order chi connectivity index (χ1) is 4.74. The number of hydrogen-bond donors (Lipinski definition) is 3. The molecule has 0 bridgehead atoms. The molecule has 0 amide bonds. The van der Waals surface area contributed by atoms with E-state index in [0.29, 0.717) is 6.54 Å². The molecule has 1 aliphatic heterocycles. The van der Waals surface area contributed by atoms with Gasteiger partial charge in [0, 0.05) is 6.54 Å². The Bertz CT molecular complexity index is 142. The van der Waals surface area contributed by atoms with Gasteiger partial charge < -0.3 is 4.74 Å². The van der Waals surface area contributed by atoms with Crippen molar-refractivity contribution >= 4 is 18.6 Å². The molecule has 0 spiro atoms. The summed E-state index contributed by atoms with van der Waals surface area (Å²) in [6.45, 7) is 0.584. The van der Waals surface area contributed by atoms with E-state index in [4.69, 9.17) is 0 Å². The largest absolute Gasteiger partial charge is 0.468 e. The van der Waals surface area contributed by atoms with Crippen molar-refractivity contribution in [1.82, 2.24) is 10.6 Å². The van der Waals surface area contributed by atoms with Crippen molar-refractivity contribution in [3.63, 3.8) is 0 Å². The van der Waals surface area contributed by atoms with Gasteiger partial charge in [-0.25, -0.2) is 0 Å². The van der Waals surface area contributed by atoms with Crippen LogP contribution in [-0.4, -0.2) is 31.2 Å². The lowest BCUT2D eigenvalue weighted by Crippen LogP contribution is -2.35. The maximum atomic E-state index is 10.8. The van der Waals surface area contributed by atoms with Crippen LogP contribution < -0.4 is 10.6 Å². The maximum Gasteiger partial charge on any atom is 0.324 e. The third kappa shape index (κ3) is 1.62. The predicted molar refractivity (Wildman–Crippen MR) is 39.7 cm³/mol. The molecule has 2 N–H and O–H groups in total. The Labute approximate surface area is 64.7 Å². The van der Waals surface area contributed by atoms with E-state index in [1.165, 1.54) is 7.11 Å². The Morgan fingerprint density at radius 2 is 2.50 bits per heavy atom. The Kier molecular flexibility index (Phi) is 2.53. The van der Waals surface area contributed by atoms with Crippen LogP contribution in [0.25, 0.3) is 0 Å². The summed E-state index contributed by atoms with van der Waals surface area (Å²) in [6, 6.07) is -0.243. The number of carbonyl (C=O) groups excluding carboxylic acids is 1. The molecular weight excluding hydrogens is 152 g/mol. The number of esters is 1. The fraction of sp³-hybridized carbons (Fsp3) is 0.800. The Morgan fingerprint density at radius 3 is 2.90 bits per heavy atom. The molecule has 4 nitrogen and oxygen atoms in total. The molecular formula is C5H10N2O2S. The number of ether oxygens (including phenoxy) is 1. The molecule has 1 aliphatic rings. The van der Waals surface area contributed by atoms with Crippen molar-refractivity contribution in [2.75, 3.05) is 13.7 Å². The molecule has 1 fully saturated rings. The normalized spacial score (nSPS) is 32.2. The molecule has 10 heavy (non-hydrogen) atoms. The maximum absolute atomic E-state index is 10.8. The van der Waals surface area contributed by atoms with Gasteiger partial charge in [0.1, 0.15) is 11.5 Å². The first kappa shape index (κ1) is 7.84. The molecule has 2 atom stereocenters. The minimum Gasteiger partial charge on any atom is -0.468 e. The fourth-order valence-electron chi connectivity index (χ4n) is 0.832. The summed E-state index contributed by atoms with van der Waals surface area (Å²) >= 11 is 4.06. The van der Waals surface area contributed by atoms with Crippen molar-refractivity contribution in [3.8, 4) is 0 Å². The molecule has 0 aromatic heterocycles. The van der Waals surface area contributed by atoms with Crippen molar-refractivity contribution < 1.29 is 9.53 Å². The van der Waals surface area contributed by atoms with E-state index in [-0.39, 0.29) is 17.5 Å². The number of rotatable bonds is 1. The fourth-order valence-corrected chi connectivity index (χ4v) is 1.12. The van der Waals surface area contributed by atoms with Crippen molar-refractivity contribution in [3.05, 3.63) is 0 Å². The molecule has 0 saturated carbocycles. The average molecular weight is 162 g/mol. The van der Waals surface area contributed by atoms with Crippen LogP contribution in [0, 0.1) is 0 Å². The second-order valence-electron chi connectivity index (χ2n) is 2.05. The summed E-state index contributed by atoms with van der Waals surface area (Å²) in [7, 11) is 1.37. The van der Waals surface area contributed by atoms with E-state index in [0.717, 1.165) is 0 Å². The van der Waals surface area contributed by atoms with Crippen LogP contribution in [0.2, 0.25) is 0 Å². The summed E-state index contributed by atoms with van der Waals surface area (Å²) in [6.07, 6.45) is 0. The van der Waals surface area contributed by atoms with Gasteiger partial charge in [-0.3, -0.25) is 15.4 Å². The number of carbonyl (C=O) groups is 1. The zero-order valence-corrected chi connectivity index (χ0v) is 6.52. The topological polar surface area (TPSA) is 50.4 Å². The molecule has 1 rings (SSSR count). The molecule has 0 aromatic carbocycles. The van der Waals surface area contributed by atoms with E-state index >= 15 is 0 Å². The molecule has 1 saturated heterocycles. The summed E-state index contributed by atoms with van der Waals surface area (Å²) in [5.41, 5.74) is -0.0934. The van der Waals surface area contributed by atoms with E-state index in [9.17, 15) is 4.79 Å². The molecule has 1 heterocycles. The van der Waals surface area contributed by atoms with Crippen LogP contribution in [0.3, 0.4) is 0 Å². The van der Waals surface area contributed by atoms with Crippen LogP contribution in [-0.2, 0) is 9.53 Å². The highest BCUT2D eigenvalue weighted by molar-refractivity contribution is 7.80. The molecule has 58 valence electrons. The summed E-state index contributed by atoms with van der Waals surface area (Å²) < 4.78 is 4.51. The highest BCUT2D eigenvalue weighted by atomic mass is 32.1. The molecule has 5 heteroatoms. The monoisotopic (exact) mass is 162 g/mol. The van der Waals surface area contributed by atoms with Gasteiger partial charge in [-0.15, -0.1) is 12.6 Å². The van der Waals surface area contributed by atoms with Crippen LogP contribution in [0.1, 0.15) is 0 Å². The minimum atomic E-state index is -0.246. The third-order valence-corrected chi connectivity index (χ3v) is 1.69. The second kappa shape index (κ2) is 3.23. The van der Waals surface area contributed by atoms with Gasteiger partial charge in [-0.2, -0.15) is 0 Å².